The van der Waals surface area contributed by atoms with Crippen molar-refractivity contribution in [3.05, 3.63) is 64.7 Å². The first kappa shape index (κ1) is 25.3. The van der Waals surface area contributed by atoms with Gasteiger partial charge in [0.05, 0.1) is 13.2 Å². The lowest BCUT2D eigenvalue weighted by atomic mass is 10.1. The fourth-order valence-corrected chi connectivity index (χ4v) is 3.31. The molecular formula is C23H30F2IN3O2. The number of nitrogens with zero attached hydrogens (tertiary/aromatic N) is 1. The molecule has 1 unspecified atom stereocenters. The zero-order valence-electron chi connectivity index (χ0n) is 17.9. The number of guanidine groups is 1. The average Bonchev–Trinajstić information content (AvgIpc) is 3.26. The summed E-state index contributed by atoms with van der Waals surface area (Å²) in [4.78, 5) is 4.20. The van der Waals surface area contributed by atoms with Crippen molar-refractivity contribution in [1.82, 2.24) is 10.6 Å². The predicted octanol–water partition coefficient (Wildman–Crippen LogP) is 4.21. The van der Waals surface area contributed by atoms with Gasteiger partial charge in [0.15, 0.2) is 5.96 Å². The summed E-state index contributed by atoms with van der Waals surface area (Å²) in [6.07, 6.45) is 1.38. The molecule has 31 heavy (non-hydrogen) atoms. The largest absolute Gasteiger partial charge is 0.493 e. The maximum atomic E-state index is 13.7. The quantitative estimate of drug-likeness (QED) is 0.297. The summed E-state index contributed by atoms with van der Waals surface area (Å²) in [5.74, 6) is 1.03. The van der Waals surface area contributed by atoms with Crippen LogP contribution in [-0.4, -0.2) is 39.4 Å². The van der Waals surface area contributed by atoms with Crippen molar-refractivity contribution >= 4 is 29.9 Å². The normalized spacial score (nSPS) is 16.0. The van der Waals surface area contributed by atoms with Gasteiger partial charge in [0.1, 0.15) is 17.4 Å². The second-order valence-corrected chi connectivity index (χ2v) is 7.49. The summed E-state index contributed by atoms with van der Waals surface area (Å²) < 4.78 is 38.5. The second-order valence-electron chi connectivity index (χ2n) is 7.49. The number of aliphatic imine (C=N–C) groups is 1. The van der Waals surface area contributed by atoms with Crippen LogP contribution in [0.15, 0.2) is 41.4 Å². The van der Waals surface area contributed by atoms with Crippen molar-refractivity contribution in [2.45, 2.75) is 26.3 Å². The molecule has 1 heterocycles. The van der Waals surface area contributed by atoms with Gasteiger partial charge in [0, 0.05) is 38.2 Å². The SMILES string of the molecule is CN=C(NCCc1cc(F)ccc1F)NCc1ccc(C)cc1OCC1CCOC1.I. The molecule has 0 aromatic heterocycles. The standard InChI is InChI=1S/C23H29F2N3O2.HI/c1-16-3-4-19(22(11-16)30-15-17-8-10-29-14-17)13-28-23(26-2)27-9-7-18-12-20(24)5-6-21(18)25;/h3-6,11-12,17H,7-10,13-15H2,1-2H3,(H2,26,27,28);1H. The Morgan fingerprint density at radius 1 is 1.16 bits per heavy atom. The van der Waals surface area contributed by atoms with Crippen molar-refractivity contribution in [2.75, 3.05) is 33.4 Å². The Morgan fingerprint density at radius 2 is 2.00 bits per heavy atom. The van der Waals surface area contributed by atoms with Gasteiger partial charge in [0.2, 0.25) is 0 Å². The molecule has 0 bridgehead atoms. The highest BCUT2D eigenvalue weighted by atomic mass is 127. The summed E-state index contributed by atoms with van der Waals surface area (Å²) in [5, 5.41) is 6.39. The number of benzene rings is 2. The maximum Gasteiger partial charge on any atom is 0.191 e. The lowest BCUT2D eigenvalue weighted by Crippen LogP contribution is -2.38. The van der Waals surface area contributed by atoms with Crippen LogP contribution in [0.2, 0.25) is 0 Å². The van der Waals surface area contributed by atoms with E-state index < -0.39 is 11.6 Å². The second kappa shape index (κ2) is 12.8. The van der Waals surface area contributed by atoms with E-state index in [1.54, 1.807) is 7.05 Å². The van der Waals surface area contributed by atoms with Crippen LogP contribution >= 0.6 is 24.0 Å². The first-order chi connectivity index (χ1) is 14.5. The van der Waals surface area contributed by atoms with Gasteiger partial charge in [-0.1, -0.05) is 12.1 Å². The molecule has 1 aliphatic rings. The molecule has 1 atom stereocenters. The summed E-state index contributed by atoms with van der Waals surface area (Å²) in [6, 6.07) is 9.61. The van der Waals surface area contributed by atoms with Gasteiger partial charge in [0.25, 0.3) is 0 Å². The Hall–Kier alpha value is -1.94. The van der Waals surface area contributed by atoms with Crippen LogP contribution in [0, 0.1) is 24.5 Å². The van der Waals surface area contributed by atoms with E-state index in [2.05, 4.69) is 15.6 Å². The molecule has 1 fully saturated rings. The molecule has 1 saturated heterocycles. The number of rotatable bonds is 8. The zero-order chi connectivity index (χ0) is 21.3. The van der Waals surface area contributed by atoms with Gasteiger partial charge >= 0.3 is 0 Å². The van der Waals surface area contributed by atoms with Gasteiger partial charge in [-0.2, -0.15) is 0 Å². The van der Waals surface area contributed by atoms with Crippen LogP contribution in [0.3, 0.4) is 0 Å². The van der Waals surface area contributed by atoms with Gasteiger partial charge in [-0.05, 0) is 55.2 Å². The van der Waals surface area contributed by atoms with Gasteiger partial charge in [-0.15, -0.1) is 24.0 Å². The molecule has 2 N–H and O–H groups in total. The highest BCUT2D eigenvalue weighted by Crippen LogP contribution is 2.22. The Kier molecular flexibility index (Phi) is 10.5. The number of hydrogen-bond acceptors (Lipinski definition) is 3. The number of nitrogens with one attached hydrogen (secondary N) is 2. The minimum Gasteiger partial charge on any atom is -0.493 e. The van der Waals surface area contributed by atoms with Crippen molar-refractivity contribution in [3.8, 4) is 5.75 Å². The average molecular weight is 545 g/mol. The Labute approximate surface area is 199 Å². The summed E-state index contributed by atoms with van der Waals surface area (Å²) in [7, 11) is 1.67. The fraction of sp³-hybridized carbons (Fsp3) is 0.435. The van der Waals surface area contributed by atoms with Gasteiger partial charge in [-0.25, -0.2) is 8.78 Å². The van der Waals surface area contributed by atoms with E-state index in [4.69, 9.17) is 9.47 Å². The molecule has 0 radical (unpaired) electrons. The van der Waals surface area contributed by atoms with Crippen LogP contribution in [0.4, 0.5) is 8.78 Å². The molecule has 0 saturated carbocycles. The van der Waals surface area contributed by atoms with E-state index in [1.165, 1.54) is 6.07 Å². The molecule has 0 aliphatic carbocycles. The molecule has 0 amide bonds. The van der Waals surface area contributed by atoms with E-state index in [1.807, 2.05) is 25.1 Å². The van der Waals surface area contributed by atoms with E-state index in [0.717, 1.165) is 48.6 Å². The highest BCUT2D eigenvalue weighted by Gasteiger charge is 2.17. The molecule has 1 aliphatic heterocycles. The Morgan fingerprint density at radius 3 is 2.74 bits per heavy atom. The molecule has 5 nitrogen and oxygen atoms in total. The van der Waals surface area contributed by atoms with Gasteiger partial charge in [-0.3, -0.25) is 4.99 Å². The minimum absolute atomic E-state index is 0. The molecular weight excluding hydrogens is 515 g/mol. The van der Waals surface area contributed by atoms with E-state index in [9.17, 15) is 8.78 Å². The summed E-state index contributed by atoms with van der Waals surface area (Å²) in [5.41, 5.74) is 2.50. The van der Waals surface area contributed by atoms with Gasteiger partial charge < -0.3 is 20.1 Å². The van der Waals surface area contributed by atoms with Crippen LogP contribution in [0.5, 0.6) is 5.75 Å². The molecule has 3 rings (SSSR count). The van der Waals surface area contributed by atoms with Crippen LogP contribution in [-0.2, 0) is 17.7 Å². The number of ether oxygens (including phenoxy) is 2. The minimum atomic E-state index is -0.440. The zero-order valence-corrected chi connectivity index (χ0v) is 20.2. The van der Waals surface area contributed by atoms with Crippen LogP contribution in [0.25, 0.3) is 0 Å². The Balaban J connectivity index is 0.00000341. The number of hydrogen-bond donors (Lipinski definition) is 2. The smallest absolute Gasteiger partial charge is 0.191 e. The monoisotopic (exact) mass is 545 g/mol. The van der Waals surface area contributed by atoms with E-state index in [-0.39, 0.29) is 24.0 Å². The highest BCUT2D eigenvalue weighted by molar-refractivity contribution is 14.0. The maximum absolute atomic E-state index is 13.7. The van der Waals surface area contributed by atoms with E-state index >= 15 is 0 Å². The van der Waals surface area contributed by atoms with Crippen molar-refractivity contribution in [1.29, 1.82) is 0 Å². The van der Waals surface area contributed by atoms with Crippen LogP contribution in [0.1, 0.15) is 23.1 Å². The molecule has 0 spiro atoms. The number of aryl methyl sites for hydroxylation is 1. The summed E-state index contributed by atoms with van der Waals surface area (Å²) >= 11 is 0. The summed E-state index contributed by atoms with van der Waals surface area (Å²) in [6.45, 7) is 5.20. The third-order valence-electron chi connectivity index (χ3n) is 5.09. The molecule has 170 valence electrons. The van der Waals surface area contributed by atoms with Crippen molar-refractivity contribution in [2.24, 2.45) is 10.9 Å². The third kappa shape index (κ3) is 7.92. The molecule has 8 heteroatoms. The molecule has 2 aromatic carbocycles. The number of halogens is 3. The predicted molar refractivity (Wildman–Crippen MR) is 129 cm³/mol. The topological polar surface area (TPSA) is 54.9 Å². The first-order valence-corrected chi connectivity index (χ1v) is 10.2. The molecule has 2 aromatic rings. The fourth-order valence-electron chi connectivity index (χ4n) is 3.31. The lowest BCUT2D eigenvalue weighted by Gasteiger charge is -2.17. The lowest BCUT2D eigenvalue weighted by molar-refractivity contribution is 0.166. The van der Waals surface area contributed by atoms with Crippen molar-refractivity contribution in [3.63, 3.8) is 0 Å². The third-order valence-corrected chi connectivity index (χ3v) is 5.09. The van der Waals surface area contributed by atoms with E-state index in [0.29, 0.717) is 43.6 Å². The first-order valence-electron chi connectivity index (χ1n) is 10.2. The Bertz CT molecular complexity index is 874. The van der Waals surface area contributed by atoms with Crippen molar-refractivity contribution < 1.29 is 18.3 Å². The van der Waals surface area contributed by atoms with Crippen LogP contribution < -0.4 is 15.4 Å².